The third kappa shape index (κ3) is 2.76. The normalized spacial score (nSPS) is 9.83. The summed E-state index contributed by atoms with van der Waals surface area (Å²) in [5.41, 5.74) is 6.65. The molecule has 5 heteroatoms. The van der Waals surface area contributed by atoms with Crippen molar-refractivity contribution in [2.75, 3.05) is 5.73 Å². The molecule has 0 saturated heterocycles. The van der Waals surface area contributed by atoms with E-state index in [0.29, 0.717) is 27.8 Å². The molecular formula is C13H8BrClN2O. The number of hydrogen-bond donors (Lipinski definition) is 1. The van der Waals surface area contributed by atoms with Gasteiger partial charge in [0, 0.05) is 9.50 Å². The first-order valence-electron chi connectivity index (χ1n) is 5.02. The van der Waals surface area contributed by atoms with Gasteiger partial charge in [-0.05, 0) is 36.4 Å². The maximum absolute atomic E-state index is 9.00. The lowest BCUT2D eigenvalue weighted by Gasteiger charge is -2.10. The van der Waals surface area contributed by atoms with Gasteiger partial charge in [-0.15, -0.1) is 0 Å². The highest BCUT2D eigenvalue weighted by molar-refractivity contribution is 9.10. The molecule has 0 unspecified atom stereocenters. The molecule has 90 valence electrons. The number of rotatable bonds is 2. The fourth-order valence-corrected chi connectivity index (χ4v) is 1.92. The highest BCUT2D eigenvalue weighted by Gasteiger charge is 2.08. The van der Waals surface area contributed by atoms with Crippen molar-refractivity contribution in [3.05, 3.63) is 51.5 Å². The van der Waals surface area contributed by atoms with Gasteiger partial charge in [-0.3, -0.25) is 0 Å². The Kier molecular flexibility index (Phi) is 3.75. The van der Waals surface area contributed by atoms with Crippen molar-refractivity contribution >= 4 is 33.2 Å². The molecule has 0 spiro atoms. The van der Waals surface area contributed by atoms with Crippen molar-refractivity contribution in [1.29, 1.82) is 5.26 Å². The molecule has 2 rings (SSSR count). The van der Waals surface area contributed by atoms with Gasteiger partial charge in [0.05, 0.1) is 11.3 Å². The number of hydrogen-bond acceptors (Lipinski definition) is 3. The lowest BCUT2D eigenvalue weighted by atomic mass is 10.2. The molecule has 0 amide bonds. The van der Waals surface area contributed by atoms with Crippen molar-refractivity contribution in [3.8, 4) is 17.6 Å². The Balaban J connectivity index is 2.40. The number of anilines is 1. The van der Waals surface area contributed by atoms with Crippen LogP contribution >= 0.6 is 27.5 Å². The number of nitrogen functional groups attached to an aromatic ring is 1. The average molecular weight is 324 g/mol. The molecule has 0 heterocycles. The van der Waals surface area contributed by atoms with E-state index in [1.54, 1.807) is 36.4 Å². The van der Waals surface area contributed by atoms with E-state index in [-0.39, 0.29) is 0 Å². The number of ether oxygens (including phenoxy) is 1. The summed E-state index contributed by atoms with van der Waals surface area (Å²) in [5.74, 6) is 0.912. The molecule has 18 heavy (non-hydrogen) atoms. The van der Waals surface area contributed by atoms with E-state index in [9.17, 15) is 0 Å². The third-order valence-electron chi connectivity index (χ3n) is 2.26. The molecular weight excluding hydrogens is 316 g/mol. The second-order valence-electron chi connectivity index (χ2n) is 3.54. The van der Waals surface area contributed by atoms with E-state index in [4.69, 9.17) is 27.3 Å². The minimum Gasteiger partial charge on any atom is -0.454 e. The minimum absolute atomic E-state index is 0.423. The number of benzene rings is 2. The highest BCUT2D eigenvalue weighted by Crippen LogP contribution is 2.32. The first-order chi connectivity index (χ1) is 8.60. The molecule has 0 bridgehead atoms. The first kappa shape index (κ1) is 12.7. The third-order valence-corrected chi connectivity index (χ3v) is 2.98. The Morgan fingerprint density at radius 1 is 1.17 bits per heavy atom. The van der Waals surface area contributed by atoms with Crippen molar-refractivity contribution in [2.24, 2.45) is 0 Å². The summed E-state index contributed by atoms with van der Waals surface area (Å²) in [6, 6.07) is 12.2. The van der Waals surface area contributed by atoms with Crippen LogP contribution in [0, 0.1) is 11.3 Å². The number of nitrogens with zero attached hydrogens (tertiary/aromatic N) is 1. The van der Waals surface area contributed by atoms with Crippen LogP contribution in [0.3, 0.4) is 0 Å². The van der Waals surface area contributed by atoms with Gasteiger partial charge < -0.3 is 10.5 Å². The van der Waals surface area contributed by atoms with Gasteiger partial charge in [0.25, 0.3) is 0 Å². The van der Waals surface area contributed by atoms with Crippen molar-refractivity contribution < 1.29 is 4.74 Å². The molecule has 0 radical (unpaired) electrons. The van der Waals surface area contributed by atoms with E-state index in [1.165, 1.54) is 0 Å². The smallest absolute Gasteiger partial charge is 0.150 e. The van der Waals surface area contributed by atoms with Crippen LogP contribution in [0.1, 0.15) is 5.56 Å². The van der Waals surface area contributed by atoms with E-state index in [0.717, 1.165) is 4.47 Å². The zero-order valence-electron chi connectivity index (χ0n) is 9.15. The Bertz CT molecular complexity index is 637. The molecule has 0 aliphatic heterocycles. The minimum atomic E-state index is 0.423. The second kappa shape index (κ2) is 5.30. The quantitative estimate of drug-likeness (QED) is 0.836. The summed E-state index contributed by atoms with van der Waals surface area (Å²) in [4.78, 5) is 0. The Labute approximate surface area is 118 Å². The van der Waals surface area contributed by atoms with Gasteiger partial charge in [0.2, 0.25) is 0 Å². The summed E-state index contributed by atoms with van der Waals surface area (Å²) in [6.45, 7) is 0. The molecule has 0 fully saturated rings. The molecule has 2 aromatic rings. The lowest BCUT2D eigenvalue weighted by Crippen LogP contribution is -1.93. The topological polar surface area (TPSA) is 59.0 Å². The molecule has 0 aliphatic carbocycles. The molecule has 3 nitrogen and oxygen atoms in total. The average Bonchev–Trinajstić information content (AvgIpc) is 2.33. The summed E-state index contributed by atoms with van der Waals surface area (Å²) in [5, 5.41) is 9.54. The largest absolute Gasteiger partial charge is 0.454 e. The molecule has 2 aromatic carbocycles. The predicted molar refractivity (Wildman–Crippen MR) is 74.8 cm³/mol. The van der Waals surface area contributed by atoms with Gasteiger partial charge in [-0.1, -0.05) is 27.5 Å². The zero-order valence-corrected chi connectivity index (χ0v) is 11.5. The SMILES string of the molecule is N#Cc1ccc(Br)cc1Oc1ccc(Cl)cc1N. The van der Waals surface area contributed by atoms with Crippen LogP contribution in [0.15, 0.2) is 40.9 Å². The van der Waals surface area contributed by atoms with Crippen LogP contribution < -0.4 is 10.5 Å². The second-order valence-corrected chi connectivity index (χ2v) is 4.89. The summed E-state index contributed by atoms with van der Waals surface area (Å²) in [6.07, 6.45) is 0. The number of halogens is 2. The fourth-order valence-electron chi connectivity index (χ4n) is 1.40. The van der Waals surface area contributed by atoms with Crippen LogP contribution in [0.25, 0.3) is 0 Å². The number of nitrogens with two attached hydrogens (primary N) is 1. The number of nitriles is 1. The first-order valence-corrected chi connectivity index (χ1v) is 6.20. The van der Waals surface area contributed by atoms with E-state index < -0.39 is 0 Å². The van der Waals surface area contributed by atoms with Gasteiger partial charge in [-0.25, -0.2) is 0 Å². The zero-order chi connectivity index (χ0) is 13.1. The van der Waals surface area contributed by atoms with Crippen molar-refractivity contribution in [3.63, 3.8) is 0 Å². The fraction of sp³-hybridized carbons (Fsp3) is 0. The Morgan fingerprint density at radius 3 is 2.61 bits per heavy atom. The molecule has 0 saturated carbocycles. The lowest BCUT2D eigenvalue weighted by molar-refractivity contribution is 0.483. The van der Waals surface area contributed by atoms with E-state index in [2.05, 4.69) is 22.0 Å². The molecule has 0 atom stereocenters. The standard InChI is InChI=1S/C13H8BrClN2O/c14-9-2-1-8(7-16)13(5-9)18-12-4-3-10(15)6-11(12)17/h1-6H,17H2. The molecule has 2 N–H and O–H groups in total. The van der Waals surface area contributed by atoms with Crippen LogP contribution in [0.5, 0.6) is 11.5 Å². The highest BCUT2D eigenvalue weighted by atomic mass is 79.9. The van der Waals surface area contributed by atoms with Gasteiger partial charge >= 0.3 is 0 Å². The monoisotopic (exact) mass is 322 g/mol. The summed E-state index contributed by atoms with van der Waals surface area (Å²) in [7, 11) is 0. The van der Waals surface area contributed by atoms with E-state index >= 15 is 0 Å². The van der Waals surface area contributed by atoms with Crippen molar-refractivity contribution in [2.45, 2.75) is 0 Å². The Morgan fingerprint density at radius 2 is 1.94 bits per heavy atom. The maximum atomic E-state index is 9.00. The maximum Gasteiger partial charge on any atom is 0.150 e. The van der Waals surface area contributed by atoms with Crippen LogP contribution in [-0.2, 0) is 0 Å². The molecule has 0 aliphatic rings. The van der Waals surface area contributed by atoms with Gasteiger partial charge in [0.15, 0.2) is 0 Å². The van der Waals surface area contributed by atoms with Crippen molar-refractivity contribution in [1.82, 2.24) is 0 Å². The van der Waals surface area contributed by atoms with Gasteiger partial charge in [-0.2, -0.15) is 5.26 Å². The van der Waals surface area contributed by atoms with Crippen LogP contribution in [0.2, 0.25) is 5.02 Å². The Hall–Kier alpha value is -1.70. The molecule has 0 aromatic heterocycles. The summed E-state index contributed by atoms with van der Waals surface area (Å²) >= 11 is 9.14. The van der Waals surface area contributed by atoms with Gasteiger partial charge in [0.1, 0.15) is 17.6 Å². The summed E-state index contributed by atoms with van der Waals surface area (Å²) < 4.78 is 6.45. The van der Waals surface area contributed by atoms with E-state index in [1.807, 2.05) is 0 Å². The van der Waals surface area contributed by atoms with Crippen LogP contribution in [0.4, 0.5) is 5.69 Å². The predicted octanol–water partition coefficient (Wildman–Crippen LogP) is 4.35. The van der Waals surface area contributed by atoms with Crippen LogP contribution in [-0.4, -0.2) is 0 Å².